The number of aliphatic hydroxyl groups is 1. The van der Waals surface area contributed by atoms with Crippen molar-refractivity contribution in [3.05, 3.63) is 0 Å². The second-order valence-corrected chi connectivity index (χ2v) is 8.88. The summed E-state index contributed by atoms with van der Waals surface area (Å²) in [6, 6.07) is -5.11. The van der Waals surface area contributed by atoms with Crippen molar-refractivity contribution in [1.29, 1.82) is 0 Å². The molecule has 0 aromatic rings. The minimum Gasteiger partial charge on any atom is -0.480 e. The SMILES string of the molecule is CC(C)CC(NC(=O)C(CCC(N)=O)NC(=O)C(NC(=O)C(N)CCCN=C(N)N)C(C)O)C(=O)O. The van der Waals surface area contributed by atoms with Crippen LogP contribution in [0.5, 0.6) is 0 Å². The van der Waals surface area contributed by atoms with Crippen LogP contribution in [0.15, 0.2) is 4.99 Å². The van der Waals surface area contributed by atoms with Gasteiger partial charge in [0.15, 0.2) is 5.96 Å². The molecule has 0 aliphatic heterocycles. The Kier molecular flexibility index (Phi) is 14.7. The molecule has 206 valence electrons. The fourth-order valence-corrected chi connectivity index (χ4v) is 3.10. The Labute approximate surface area is 209 Å². The summed E-state index contributed by atoms with van der Waals surface area (Å²) in [6.07, 6.45) is -1.19. The number of carboxylic acid groups (broad SMARTS) is 1. The number of aliphatic imine (C=N–C) groups is 1. The van der Waals surface area contributed by atoms with E-state index in [4.69, 9.17) is 22.9 Å². The summed E-state index contributed by atoms with van der Waals surface area (Å²) >= 11 is 0. The number of carbonyl (C=O) groups is 5. The summed E-state index contributed by atoms with van der Waals surface area (Å²) in [5, 5.41) is 26.5. The molecule has 5 atom stereocenters. The van der Waals surface area contributed by atoms with E-state index in [1.165, 1.54) is 6.92 Å². The van der Waals surface area contributed by atoms with Gasteiger partial charge in [0.25, 0.3) is 0 Å². The van der Waals surface area contributed by atoms with E-state index in [1.807, 2.05) is 0 Å². The van der Waals surface area contributed by atoms with Crippen LogP contribution in [0.4, 0.5) is 0 Å². The number of aliphatic carboxylic acids is 1. The number of nitrogens with one attached hydrogen (secondary N) is 3. The maximum absolute atomic E-state index is 12.9. The summed E-state index contributed by atoms with van der Waals surface area (Å²) < 4.78 is 0. The van der Waals surface area contributed by atoms with E-state index in [9.17, 15) is 34.2 Å². The number of carbonyl (C=O) groups excluding carboxylic acids is 4. The molecule has 0 saturated carbocycles. The van der Waals surface area contributed by atoms with Crippen LogP contribution >= 0.6 is 0 Å². The Morgan fingerprint density at radius 1 is 0.861 bits per heavy atom. The lowest BCUT2D eigenvalue weighted by Crippen LogP contribution is -2.59. The molecule has 4 amide bonds. The number of hydrogen-bond donors (Lipinski definition) is 9. The van der Waals surface area contributed by atoms with Gasteiger partial charge in [0.05, 0.1) is 12.1 Å². The van der Waals surface area contributed by atoms with Crippen LogP contribution in [0.25, 0.3) is 0 Å². The Morgan fingerprint density at radius 2 is 1.44 bits per heavy atom. The molecule has 0 aromatic heterocycles. The summed E-state index contributed by atoms with van der Waals surface area (Å²) in [4.78, 5) is 64.6. The van der Waals surface area contributed by atoms with Gasteiger partial charge in [-0.2, -0.15) is 0 Å². The summed E-state index contributed by atoms with van der Waals surface area (Å²) in [6.45, 7) is 5.04. The van der Waals surface area contributed by atoms with Crippen molar-refractivity contribution in [2.45, 2.75) is 83.1 Å². The highest BCUT2D eigenvalue weighted by Gasteiger charge is 2.32. The van der Waals surface area contributed by atoms with Gasteiger partial charge in [-0.25, -0.2) is 4.79 Å². The van der Waals surface area contributed by atoms with Gasteiger partial charge in [0.1, 0.15) is 18.1 Å². The Morgan fingerprint density at radius 3 is 1.92 bits per heavy atom. The number of hydrogen-bond acceptors (Lipinski definition) is 8. The van der Waals surface area contributed by atoms with Gasteiger partial charge in [-0.05, 0) is 38.5 Å². The summed E-state index contributed by atoms with van der Waals surface area (Å²) in [5.41, 5.74) is 21.4. The molecule has 0 aliphatic rings. The zero-order valence-electron chi connectivity index (χ0n) is 20.9. The predicted octanol–water partition coefficient (Wildman–Crippen LogP) is -3.40. The molecular formula is C21H40N8O7. The normalized spacial score (nSPS) is 15.1. The lowest BCUT2D eigenvalue weighted by atomic mass is 10.0. The minimum atomic E-state index is -1.49. The molecule has 36 heavy (non-hydrogen) atoms. The first-order valence-corrected chi connectivity index (χ1v) is 11.6. The van der Waals surface area contributed by atoms with Gasteiger partial charge < -0.3 is 49.1 Å². The lowest BCUT2D eigenvalue weighted by Gasteiger charge is -2.26. The van der Waals surface area contributed by atoms with Gasteiger partial charge in [-0.1, -0.05) is 13.8 Å². The van der Waals surface area contributed by atoms with Crippen molar-refractivity contribution >= 4 is 35.6 Å². The average Bonchev–Trinajstić information content (AvgIpc) is 2.75. The maximum atomic E-state index is 12.9. The van der Waals surface area contributed by atoms with Gasteiger partial charge in [0.2, 0.25) is 23.6 Å². The molecule has 0 radical (unpaired) electrons. The van der Waals surface area contributed by atoms with Crippen molar-refractivity contribution in [2.24, 2.45) is 33.8 Å². The molecule has 0 aliphatic carbocycles. The fraction of sp³-hybridized carbons (Fsp3) is 0.714. The second kappa shape index (κ2) is 16.3. The van der Waals surface area contributed by atoms with Crippen molar-refractivity contribution in [3.63, 3.8) is 0 Å². The van der Waals surface area contributed by atoms with E-state index < -0.39 is 59.9 Å². The summed E-state index contributed by atoms with van der Waals surface area (Å²) in [5.74, 6) is -4.69. The minimum absolute atomic E-state index is 0.0523. The first-order chi connectivity index (χ1) is 16.6. The van der Waals surface area contributed by atoms with Crippen LogP contribution in [-0.4, -0.2) is 82.6 Å². The molecular weight excluding hydrogens is 476 g/mol. The Balaban J connectivity index is 5.39. The van der Waals surface area contributed by atoms with Gasteiger partial charge in [-0.3, -0.25) is 24.2 Å². The highest BCUT2D eigenvalue weighted by atomic mass is 16.4. The van der Waals surface area contributed by atoms with E-state index in [0.29, 0.717) is 6.42 Å². The van der Waals surface area contributed by atoms with Crippen molar-refractivity contribution in [3.8, 4) is 0 Å². The van der Waals surface area contributed by atoms with Crippen molar-refractivity contribution in [1.82, 2.24) is 16.0 Å². The zero-order valence-corrected chi connectivity index (χ0v) is 20.9. The topological polar surface area (TPSA) is 278 Å². The van der Waals surface area contributed by atoms with Crippen molar-refractivity contribution in [2.75, 3.05) is 6.54 Å². The first kappa shape index (κ1) is 32.5. The first-order valence-electron chi connectivity index (χ1n) is 11.6. The molecule has 0 aromatic carbocycles. The average molecular weight is 517 g/mol. The van der Waals surface area contributed by atoms with Gasteiger partial charge >= 0.3 is 5.97 Å². The van der Waals surface area contributed by atoms with Crippen LogP contribution in [0.1, 0.15) is 52.9 Å². The molecule has 0 heterocycles. The number of guanidine groups is 1. The number of amides is 4. The molecule has 15 heteroatoms. The quantitative estimate of drug-likeness (QED) is 0.0524. The Hall–Kier alpha value is -3.46. The van der Waals surface area contributed by atoms with Crippen LogP contribution in [0, 0.1) is 5.92 Å². The molecule has 0 spiro atoms. The standard InChI is InChI=1S/C21H40N8O7/c1-10(2)9-14(20(35)36)28-18(33)13(6-7-15(23)31)27-19(34)16(11(3)30)29-17(32)12(22)5-4-8-26-21(24)25/h10-14,16,30H,4-9,22H2,1-3H3,(H2,23,31)(H,27,34)(H,28,33)(H,29,32)(H,35,36)(H4,24,25,26). The third-order valence-electron chi connectivity index (χ3n) is 5.00. The molecule has 0 fully saturated rings. The number of rotatable bonds is 17. The van der Waals surface area contributed by atoms with E-state index >= 15 is 0 Å². The number of primary amides is 1. The van der Waals surface area contributed by atoms with Crippen LogP contribution < -0.4 is 38.9 Å². The largest absolute Gasteiger partial charge is 0.480 e. The monoisotopic (exact) mass is 516 g/mol. The molecule has 15 nitrogen and oxygen atoms in total. The van der Waals surface area contributed by atoms with Gasteiger partial charge in [0, 0.05) is 13.0 Å². The number of nitrogens with two attached hydrogens (primary N) is 4. The van der Waals surface area contributed by atoms with E-state index in [-0.39, 0.29) is 44.1 Å². The lowest BCUT2D eigenvalue weighted by molar-refractivity contribution is -0.143. The number of aliphatic hydroxyl groups excluding tert-OH is 1. The molecule has 0 saturated heterocycles. The maximum Gasteiger partial charge on any atom is 0.326 e. The third-order valence-corrected chi connectivity index (χ3v) is 5.00. The zero-order chi connectivity index (χ0) is 28.0. The van der Waals surface area contributed by atoms with Crippen LogP contribution in [0.3, 0.4) is 0 Å². The molecule has 5 unspecified atom stereocenters. The molecule has 0 bridgehead atoms. The molecule has 0 rings (SSSR count). The van der Waals surface area contributed by atoms with E-state index in [2.05, 4.69) is 20.9 Å². The Bertz CT molecular complexity index is 799. The highest BCUT2D eigenvalue weighted by molar-refractivity contribution is 5.94. The van der Waals surface area contributed by atoms with Gasteiger partial charge in [-0.15, -0.1) is 0 Å². The van der Waals surface area contributed by atoms with Crippen LogP contribution in [-0.2, 0) is 24.0 Å². The third kappa shape index (κ3) is 13.4. The summed E-state index contributed by atoms with van der Waals surface area (Å²) in [7, 11) is 0. The van der Waals surface area contributed by atoms with E-state index in [1.54, 1.807) is 13.8 Å². The van der Waals surface area contributed by atoms with E-state index in [0.717, 1.165) is 0 Å². The smallest absolute Gasteiger partial charge is 0.326 e. The molecule has 13 N–H and O–H groups in total. The second-order valence-electron chi connectivity index (χ2n) is 8.88. The number of nitrogens with zero attached hydrogens (tertiary/aromatic N) is 1. The predicted molar refractivity (Wildman–Crippen MR) is 131 cm³/mol. The van der Waals surface area contributed by atoms with Crippen LogP contribution in [0.2, 0.25) is 0 Å². The number of carboxylic acids is 1. The fourth-order valence-electron chi connectivity index (χ4n) is 3.10. The van der Waals surface area contributed by atoms with Crippen molar-refractivity contribution < 1.29 is 34.2 Å². The highest BCUT2D eigenvalue weighted by Crippen LogP contribution is 2.07.